The average molecular weight is 457 g/mol. The highest BCUT2D eigenvalue weighted by atomic mass is 16.5. The Kier molecular flexibility index (Phi) is 6.12. The van der Waals surface area contributed by atoms with E-state index in [-0.39, 0.29) is 11.8 Å². The van der Waals surface area contributed by atoms with Crippen LogP contribution in [-0.2, 0) is 11.2 Å². The van der Waals surface area contributed by atoms with Crippen molar-refractivity contribution in [1.29, 1.82) is 0 Å². The van der Waals surface area contributed by atoms with Gasteiger partial charge in [0.15, 0.2) is 17.6 Å². The van der Waals surface area contributed by atoms with Crippen LogP contribution < -0.4 is 19.5 Å². The van der Waals surface area contributed by atoms with E-state index in [9.17, 15) is 4.79 Å². The quantitative estimate of drug-likeness (QED) is 0.399. The van der Waals surface area contributed by atoms with Gasteiger partial charge in [0.1, 0.15) is 5.75 Å². The van der Waals surface area contributed by atoms with Gasteiger partial charge in [-0.1, -0.05) is 42.5 Å². The van der Waals surface area contributed by atoms with Crippen molar-refractivity contribution in [2.45, 2.75) is 25.4 Å². The molecular formula is C28H28N2O4. The normalized spacial score (nSPS) is 15.4. The molecule has 2 heterocycles. The number of carbonyl (C=O) groups is 1. The van der Waals surface area contributed by atoms with E-state index < -0.39 is 6.10 Å². The zero-order valence-corrected chi connectivity index (χ0v) is 19.3. The number of benzene rings is 3. The molecule has 6 nitrogen and oxygen atoms in total. The third-order valence-electron chi connectivity index (χ3n) is 6.31. The van der Waals surface area contributed by atoms with Crippen LogP contribution in [0.4, 0.5) is 0 Å². The Morgan fingerprint density at radius 3 is 2.76 bits per heavy atom. The van der Waals surface area contributed by atoms with Crippen molar-refractivity contribution in [2.24, 2.45) is 0 Å². The van der Waals surface area contributed by atoms with E-state index in [1.807, 2.05) is 67.7 Å². The van der Waals surface area contributed by atoms with Crippen LogP contribution in [0.2, 0.25) is 0 Å². The number of aromatic nitrogens is 1. The van der Waals surface area contributed by atoms with Gasteiger partial charge in [0, 0.05) is 36.0 Å². The standard InChI is InChI=1S/C28H28N2O4/c1-3-33-25-13-12-18(14-26(25)32-2)21(22-17-29-23-10-6-5-9-20(22)23)16-30-28(31)27-15-19-8-4-7-11-24(19)34-27/h4-14,17,21,27,29H,3,15-16H2,1-2H3,(H,30,31)/t21-,27+/m1/s1. The molecule has 0 fully saturated rings. The van der Waals surface area contributed by atoms with Crippen LogP contribution in [0, 0.1) is 0 Å². The Morgan fingerprint density at radius 2 is 1.94 bits per heavy atom. The van der Waals surface area contributed by atoms with Crippen LogP contribution in [0.15, 0.2) is 72.9 Å². The number of ether oxygens (including phenoxy) is 3. The molecule has 1 aliphatic rings. The first-order valence-corrected chi connectivity index (χ1v) is 11.6. The summed E-state index contributed by atoms with van der Waals surface area (Å²) in [5, 5.41) is 4.26. The molecular weight excluding hydrogens is 428 g/mol. The number of rotatable bonds is 8. The molecule has 2 atom stereocenters. The molecule has 1 amide bonds. The minimum Gasteiger partial charge on any atom is -0.493 e. The Hall–Kier alpha value is -3.93. The van der Waals surface area contributed by atoms with E-state index in [4.69, 9.17) is 14.2 Å². The summed E-state index contributed by atoms with van der Waals surface area (Å²) in [5.41, 5.74) is 4.26. The average Bonchev–Trinajstić information content (AvgIpc) is 3.50. The maximum Gasteiger partial charge on any atom is 0.261 e. The highest BCUT2D eigenvalue weighted by Gasteiger charge is 2.30. The van der Waals surface area contributed by atoms with Crippen LogP contribution in [0.25, 0.3) is 10.9 Å². The predicted molar refractivity (Wildman–Crippen MR) is 132 cm³/mol. The van der Waals surface area contributed by atoms with Crippen LogP contribution in [-0.4, -0.2) is 37.3 Å². The summed E-state index contributed by atoms with van der Waals surface area (Å²) in [6.45, 7) is 2.93. The molecule has 2 N–H and O–H groups in total. The van der Waals surface area contributed by atoms with Crippen molar-refractivity contribution in [3.8, 4) is 17.2 Å². The van der Waals surface area contributed by atoms with Gasteiger partial charge in [0.25, 0.3) is 5.91 Å². The minimum atomic E-state index is -0.518. The van der Waals surface area contributed by atoms with Gasteiger partial charge >= 0.3 is 0 Å². The molecule has 0 bridgehead atoms. The third-order valence-corrected chi connectivity index (χ3v) is 6.31. The SMILES string of the molecule is CCOc1ccc([C@@H](CNC(=O)[C@@H]2Cc3ccccc3O2)c2c[nH]c3ccccc23)cc1OC. The number of amides is 1. The van der Waals surface area contributed by atoms with Crippen LogP contribution >= 0.6 is 0 Å². The van der Waals surface area contributed by atoms with Crippen molar-refractivity contribution >= 4 is 16.8 Å². The van der Waals surface area contributed by atoms with Crippen LogP contribution in [0.3, 0.4) is 0 Å². The maximum atomic E-state index is 13.1. The van der Waals surface area contributed by atoms with Gasteiger partial charge in [0.05, 0.1) is 13.7 Å². The number of methoxy groups -OCH3 is 1. The monoisotopic (exact) mass is 456 g/mol. The molecule has 34 heavy (non-hydrogen) atoms. The summed E-state index contributed by atoms with van der Waals surface area (Å²) in [6.07, 6.45) is 2.08. The summed E-state index contributed by atoms with van der Waals surface area (Å²) >= 11 is 0. The lowest BCUT2D eigenvalue weighted by atomic mass is 9.90. The first-order chi connectivity index (χ1) is 16.7. The number of fused-ring (bicyclic) bond motifs is 2. The fourth-order valence-electron chi connectivity index (χ4n) is 4.61. The zero-order chi connectivity index (χ0) is 23.5. The molecule has 6 heteroatoms. The zero-order valence-electron chi connectivity index (χ0n) is 19.3. The summed E-state index contributed by atoms with van der Waals surface area (Å²) in [7, 11) is 1.64. The smallest absolute Gasteiger partial charge is 0.261 e. The van der Waals surface area contributed by atoms with Gasteiger partial charge in [0.2, 0.25) is 0 Å². The van der Waals surface area contributed by atoms with Gasteiger partial charge in [-0.05, 0) is 47.9 Å². The lowest BCUT2D eigenvalue weighted by Crippen LogP contribution is -2.39. The molecule has 0 saturated carbocycles. The van der Waals surface area contributed by atoms with Crippen molar-refractivity contribution < 1.29 is 19.0 Å². The van der Waals surface area contributed by atoms with Crippen LogP contribution in [0.1, 0.15) is 29.5 Å². The largest absolute Gasteiger partial charge is 0.493 e. The van der Waals surface area contributed by atoms with Crippen molar-refractivity contribution in [3.63, 3.8) is 0 Å². The highest BCUT2D eigenvalue weighted by molar-refractivity contribution is 5.85. The second-order valence-electron chi connectivity index (χ2n) is 8.35. The summed E-state index contributed by atoms with van der Waals surface area (Å²) in [5.74, 6) is 1.96. The number of para-hydroxylation sites is 2. The van der Waals surface area contributed by atoms with Gasteiger partial charge < -0.3 is 24.5 Å². The van der Waals surface area contributed by atoms with E-state index in [0.29, 0.717) is 31.1 Å². The molecule has 0 spiro atoms. The van der Waals surface area contributed by atoms with Crippen molar-refractivity contribution in [3.05, 3.63) is 89.6 Å². The first kappa shape index (κ1) is 21.9. The molecule has 1 aliphatic heterocycles. The summed E-state index contributed by atoms with van der Waals surface area (Å²) in [6, 6.07) is 21.9. The molecule has 174 valence electrons. The molecule has 5 rings (SSSR count). The van der Waals surface area contributed by atoms with E-state index in [1.54, 1.807) is 7.11 Å². The minimum absolute atomic E-state index is 0.0894. The fourth-order valence-corrected chi connectivity index (χ4v) is 4.61. The number of H-pyrrole nitrogens is 1. The molecule has 0 aliphatic carbocycles. The Labute approximate surface area is 198 Å². The molecule has 1 aromatic heterocycles. The third kappa shape index (κ3) is 4.19. The van der Waals surface area contributed by atoms with Crippen molar-refractivity contribution in [2.75, 3.05) is 20.3 Å². The molecule has 0 saturated heterocycles. The number of aromatic amines is 1. The Balaban J connectivity index is 1.43. The summed E-state index contributed by atoms with van der Waals surface area (Å²) < 4.78 is 17.2. The topological polar surface area (TPSA) is 72.6 Å². The lowest BCUT2D eigenvalue weighted by Gasteiger charge is -2.21. The second-order valence-corrected chi connectivity index (χ2v) is 8.35. The number of carbonyl (C=O) groups excluding carboxylic acids is 1. The first-order valence-electron chi connectivity index (χ1n) is 11.6. The maximum absolute atomic E-state index is 13.1. The second kappa shape index (κ2) is 9.51. The van der Waals surface area contributed by atoms with E-state index in [0.717, 1.165) is 33.3 Å². The fraction of sp³-hybridized carbons (Fsp3) is 0.250. The van der Waals surface area contributed by atoms with Gasteiger partial charge in [-0.2, -0.15) is 0 Å². The van der Waals surface area contributed by atoms with E-state index in [1.165, 1.54) is 0 Å². The van der Waals surface area contributed by atoms with Crippen molar-refractivity contribution in [1.82, 2.24) is 10.3 Å². The number of hydrogen-bond donors (Lipinski definition) is 2. The van der Waals surface area contributed by atoms with Gasteiger partial charge in [-0.15, -0.1) is 0 Å². The molecule has 3 aromatic carbocycles. The van der Waals surface area contributed by atoms with E-state index in [2.05, 4.69) is 22.4 Å². The molecule has 0 unspecified atom stereocenters. The molecule has 0 radical (unpaired) electrons. The number of nitrogens with one attached hydrogen (secondary N) is 2. The lowest BCUT2D eigenvalue weighted by molar-refractivity contribution is -0.127. The highest BCUT2D eigenvalue weighted by Crippen LogP contribution is 2.36. The van der Waals surface area contributed by atoms with Gasteiger partial charge in [-0.3, -0.25) is 4.79 Å². The number of hydrogen-bond acceptors (Lipinski definition) is 4. The predicted octanol–water partition coefficient (Wildman–Crippen LogP) is 4.83. The van der Waals surface area contributed by atoms with Crippen LogP contribution in [0.5, 0.6) is 17.2 Å². The Morgan fingerprint density at radius 1 is 1.12 bits per heavy atom. The van der Waals surface area contributed by atoms with Gasteiger partial charge in [-0.25, -0.2) is 0 Å². The van der Waals surface area contributed by atoms with E-state index >= 15 is 0 Å². The molecule has 4 aromatic rings. The summed E-state index contributed by atoms with van der Waals surface area (Å²) in [4.78, 5) is 16.4. The Bertz CT molecular complexity index is 1290.